The number of hydrogen-bond donors (Lipinski definition) is 0. The first-order chi connectivity index (χ1) is 6.68. The molecule has 1 unspecified atom stereocenters. The lowest BCUT2D eigenvalue weighted by atomic mass is 10.0. The van der Waals surface area contributed by atoms with Gasteiger partial charge < -0.3 is 0 Å². The van der Waals surface area contributed by atoms with Crippen LogP contribution >= 0.6 is 23.2 Å². The first-order valence-corrected chi connectivity index (χ1v) is 5.15. The van der Waals surface area contributed by atoms with Gasteiger partial charge in [0, 0.05) is 5.02 Å². The molecule has 0 amide bonds. The monoisotopic (exact) mass is 223 g/mol. The smallest absolute Gasteiger partial charge is 0.0592 e. The second kappa shape index (κ2) is 3.80. The quantitative estimate of drug-likeness (QED) is 0.620. The Balaban J connectivity index is 2.80. The summed E-state index contributed by atoms with van der Waals surface area (Å²) in [6, 6.07) is 11.8. The lowest BCUT2D eigenvalue weighted by molar-refractivity contribution is 1.24. The lowest BCUT2D eigenvalue weighted by Crippen LogP contribution is -1.87. The minimum atomic E-state index is -0.265. The highest BCUT2D eigenvalue weighted by atomic mass is 35.5. The van der Waals surface area contributed by atoms with E-state index in [1.807, 2.05) is 36.4 Å². The minimum absolute atomic E-state index is 0.265. The van der Waals surface area contributed by atoms with Crippen molar-refractivity contribution in [2.75, 3.05) is 0 Å². The molecule has 71 valence electrons. The molecule has 0 fully saturated rings. The Hall–Kier alpha value is -0.720. The average Bonchev–Trinajstić information content (AvgIpc) is 2.16. The molecule has 2 heteroatoms. The van der Waals surface area contributed by atoms with Crippen LogP contribution in [0.15, 0.2) is 36.4 Å². The largest absolute Gasteiger partial charge is 0.118 e. The van der Waals surface area contributed by atoms with Gasteiger partial charge in [-0.1, -0.05) is 35.9 Å². The molecule has 1 atom stereocenters. The number of fused-ring (bicyclic) bond motifs is 1. The molecule has 2 rings (SSSR count). The summed E-state index contributed by atoms with van der Waals surface area (Å²) in [5, 5.41) is 2.66. The summed E-state index contributed by atoms with van der Waals surface area (Å²) in [5.41, 5.74) is 0.981. The zero-order valence-corrected chi connectivity index (χ0v) is 9.02. The van der Waals surface area contributed by atoms with Crippen molar-refractivity contribution in [1.82, 2.24) is 0 Å². The average molecular weight is 224 g/mol. The maximum Gasteiger partial charge on any atom is 0.0592 e. The molecule has 0 aliphatic heterocycles. The summed E-state index contributed by atoms with van der Waals surface area (Å²) in [4.78, 5) is 0. The van der Waals surface area contributed by atoms with Gasteiger partial charge in [-0.2, -0.15) is 0 Å². The summed E-state index contributed by atoms with van der Waals surface area (Å²) >= 11 is 12.0. The summed E-state index contributed by atoms with van der Waals surface area (Å²) in [6.45, 7) is 3.81. The van der Waals surface area contributed by atoms with Gasteiger partial charge in [0.15, 0.2) is 0 Å². The van der Waals surface area contributed by atoms with E-state index in [2.05, 4.69) is 6.92 Å². The molecule has 2 aromatic rings. The zero-order valence-electron chi connectivity index (χ0n) is 7.50. The SMILES string of the molecule is [CH2]C(Cl)c1cc(Cl)cc2ccccc12. The fourth-order valence-corrected chi connectivity index (χ4v) is 1.98. The molecular weight excluding hydrogens is 215 g/mol. The molecule has 0 aromatic heterocycles. The topological polar surface area (TPSA) is 0 Å². The molecule has 0 heterocycles. The first kappa shape index (κ1) is 9.82. The molecule has 14 heavy (non-hydrogen) atoms. The summed E-state index contributed by atoms with van der Waals surface area (Å²) < 4.78 is 0. The highest BCUT2D eigenvalue weighted by molar-refractivity contribution is 6.32. The van der Waals surface area contributed by atoms with Gasteiger partial charge in [-0.3, -0.25) is 0 Å². The second-order valence-corrected chi connectivity index (χ2v) is 4.15. The maximum atomic E-state index is 5.98. The van der Waals surface area contributed by atoms with Crippen LogP contribution < -0.4 is 0 Å². The van der Waals surface area contributed by atoms with Crippen molar-refractivity contribution in [1.29, 1.82) is 0 Å². The molecular formula is C12H9Cl2. The van der Waals surface area contributed by atoms with Crippen molar-refractivity contribution >= 4 is 34.0 Å². The molecule has 1 radical (unpaired) electrons. The summed E-state index contributed by atoms with van der Waals surface area (Å²) in [5.74, 6) is 0. The molecule has 0 aliphatic rings. The van der Waals surface area contributed by atoms with Crippen LogP contribution in [0.3, 0.4) is 0 Å². The van der Waals surface area contributed by atoms with Gasteiger partial charge in [0.05, 0.1) is 5.38 Å². The van der Waals surface area contributed by atoms with E-state index in [0.29, 0.717) is 5.02 Å². The number of alkyl halides is 1. The van der Waals surface area contributed by atoms with Crippen LogP contribution in [0.5, 0.6) is 0 Å². The van der Waals surface area contributed by atoms with Crippen molar-refractivity contribution in [3.63, 3.8) is 0 Å². The van der Waals surface area contributed by atoms with Crippen LogP contribution in [0.25, 0.3) is 10.8 Å². The van der Waals surface area contributed by atoms with Crippen molar-refractivity contribution in [2.45, 2.75) is 5.38 Å². The van der Waals surface area contributed by atoms with Gasteiger partial charge in [-0.15, -0.1) is 11.6 Å². The predicted molar refractivity (Wildman–Crippen MR) is 62.9 cm³/mol. The Labute approximate surface area is 93.4 Å². The zero-order chi connectivity index (χ0) is 10.1. The van der Waals surface area contributed by atoms with Gasteiger partial charge in [-0.25, -0.2) is 0 Å². The van der Waals surface area contributed by atoms with Crippen LogP contribution in [0.4, 0.5) is 0 Å². The van der Waals surface area contributed by atoms with E-state index in [0.717, 1.165) is 16.3 Å². The Bertz CT molecular complexity index is 461. The standard InChI is InChI=1S/C12H9Cl2/c1-8(13)12-7-10(14)6-9-4-2-3-5-11(9)12/h2-8H,1H2. The van der Waals surface area contributed by atoms with Crippen LogP contribution in [-0.2, 0) is 0 Å². The van der Waals surface area contributed by atoms with Gasteiger partial charge in [0.25, 0.3) is 0 Å². The van der Waals surface area contributed by atoms with E-state index < -0.39 is 0 Å². The molecule has 0 spiro atoms. The van der Waals surface area contributed by atoms with Crippen LogP contribution in [0.2, 0.25) is 5.02 Å². The highest BCUT2D eigenvalue weighted by Gasteiger charge is 2.07. The van der Waals surface area contributed by atoms with E-state index in [4.69, 9.17) is 23.2 Å². The molecule has 0 saturated carbocycles. The first-order valence-electron chi connectivity index (χ1n) is 4.34. The fourth-order valence-electron chi connectivity index (χ4n) is 1.56. The molecule has 2 aromatic carbocycles. The maximum absolute atomic E-state index is 5.98. The van der Waals surface area contributed by atoms with Crippen LogP contribution in [-0.4, -0.2) is 0 Å². The Morgan fingerprint density at radius 2 is 1.86 bits per heavy atom. The Morgan fingerprint density at radius 3 is 2.57 bits per heavy atom. The van der Waals surface area contributed by atoms with Crippen molar-refractivity contribution in [3.8, 4) is 0 Å². The van der Waals surface area contributed by atoms with Crippen molar-refractivity contribution < 1.29 is 0 Å². The minimum Gasteiger partial charge on any atom is -0.118 e. The number of rotatable bonds is 1. The van der Waals surface area contributed by atoms with Crippen LogP contribution in [0, 0.1) is 6.92 Å². The number of halogens is 2. The third-order valence-corrected chi connectivity index (χ3v) is 2.65. The molecule has 0 saturated heterocycles. The van der Waals surface area contributed by atoms with Gasteiger partial charge in [-0.05, 0) is 35.4 Å². The van der Waals surface area contributed by atoms with Gasteiger partial charge in [0.2, 0.25) is 0 Å². The lowest BCUT2D eigenvalue weighted by Gasteiger charge is -2.08. The molecule has 0 nitrogen and oxygen atoms in total. The molecule has 0 aliphatic carbocycles. The molecule has 0 bridgehead atoms. The van der Waals surface area contributed by atoms with Gasteiger partial charge in [0.1, 0.15) is 0 Å². The van der Waals surface area contributed by atoms with Gasteiger partial charge >= 0.3 is 0 Å². The summed E-state index contributed by atoms with van der Waals surface area (Å²) in [7, 11) is 0. The Morgan fingerprint density at radius 1 is 1.14 bits per heavy atom. The van der Waals surface area contributed by atoms with Crippen molar-refractivity contribution in [2.24, 2.45) is 0 Å². The normalized spacial score (nSPS) is 13.1. The van der Waals surface area contributed by atoms with Crippen LogP contribution in [0.1, 0.15) is 10.9 Å². The van der Waals surface area contributed by atoms with E-state index in [9.17, 15) is 0 Å². The third kappa shape index (κ3) is 1.73. The predicted octanol–water partition coefficient (Wildman–Crippen LogP) is 4.61. The second-order valence-electron chi connectivity index (χ2n) is 3.18. The fraction of sp³-hybridized carbons (Fsp3) is 0.0833. The van der Waals surface area contributed by atoms with E-state index in [1.165, 1.54) is 0 Å². The van der Waals surface area contributed by atoms with Crippen molar-refractivity contribution in [3.05, 3.63) is 53.9 Å². The van der Waals surface area contributed by atoms with E-state index >= 15 is 0 Å². The highest BCUT2D eigenvalue weighted by Crippen LogP contribution is 2.30. The molecule has 0 N–H and O–H groups in total. The summed E-state index contributed by atoms with van der Waals surface area (Å²) in [6.07, 6.45) is 0. The third-order valence-electron chi connectivity index (χ3n) is 2.20. The van der Waals surface area contributed by atoms with E-state index in [1.54, 1.807) is 0 Å². The number of hydrogen-bond acceptors (Lipinski definition) is 0. The number of benzene rings is 2. The van der Waals surface area contributed by atoms with E-state index in [-0.39, 0.29) is 5.38 Å². The Kier molecular flexibility index (Phi) is 2.66.